The van der Waals surface area contributed by atoms with E-state index < -0.39 is 0 Å². The summed E-state index contributed by atoms with van der Waals surface area (Å²) in [4.78, 5) is 30.1. The van der Waals surface area contributed by atoms with Crippen LogP contribution in [0.2, 0.25) is 0 Å². The largest absolute Gasteiger partial charge is 0.208 e. The average Bonchev–Trinajstić information content (AvgIpc) is 3.48. The Morgan fingerprint density at radius 1 is 0.139 bits per heavy atom. The third kappa shape index (κ3) is 8.13. The molecule has 13 rings (SSSR count). The molecular weight excluding hydrogens is 877 g/mol. The Morgan fingerprint density at radius 3 is 0.653 bits per heavy atom. The molecule has 2 aromatic heterocycles. The van der Waals surface area contributed by atoms with Gasteiger partial charge in [0.2, 0.25) is 0 Å². The van der Waals surface area contributed by atoms with E-state index in [4.69, 9.17) is 29.9 Å². The molecule has 72 heavy (non-hydrogen) atoms. The van der Waals surface area contributed by atoms with Gasteiger partial charge in [-0.1, -0.05) is 249 Å². The van der Waals surface area contributed by atoms with Gasteiger partial charge in [-0.2, -0.15) is 0 Å². The SMILES string of the molecule is c1ccc(-c2ccc(-c3nc(-c4ccccc4)nc(-c4ccc(-c5ccc(-c6nc(-c7ccccc7)nc(-c7ccc(-c8ccc9c%10ccccc%10c%10ccccc%10c9c8)cc7)n6)cc5)cc4)n3)cc2)cc1. The normalized spacial score (nSPS) is 11.3. The van der Waals surface area contributed by atoms with Crippen LogP contribution in [0.4, 0.5) is 0 Å². The molecule has 0 aliphatic carbocycles. The monoisotopic (exact) mass is 918 g/mol. The summed E-state index contributed by atoms with van der Waals surface area (Å²) >= 11 is 0. The maximum absolute atomic E-state index is 5.09. The Labute approximate surface area is 416 Å². The van der Waals surface area contributed by atoms with E-state index in [0.29, 0.717) is 34.9 Å². The van der Waals surface area contributed by atoms with E-state index in [1.165, 1.54) is 32.3 Å². The molecule has 2 heterocycles. The zero-order valence-electron chi connectivity index (χ0n) is 38.9. The number of benzene rings is 11. The van der Waals surface area contributed by atoms with Crippen LogP contribution in [0.15, 0.2) is 255 Å². The lowest BCUT2D eigenvalue weighted by Crippen LogP contribution is -2.00. The summed E-state index contributed by atoms with van der Waals surface area (Å²) in [6.45, 7) is 0. The van der Waals surface area contributed by atoms with Gasteiger partial charge in [0.05, 0.1) is 0 Å². The van der Waals surface area contributed by atoms with Crippen LogP contribution < -0.4 is 0 Å². The van der Waals surface area contributed by atoms with E-state index in [-0.39, 0.29) is 0 Å². The maximum atomic E-state index is 5.09. The second-order valence-corrected chi connectivity index (χ2v) is 17.9. The number of aromatic nitrogens is 6. The highest BCUT2D eigenvalue weighted by molar-refractivity contribution is 6.25. The molecular formula is C66H42N6. The standard InChI is InChI=1S/C66H42N6/c1-4-14-43(15-5-1)44-24-32-50(33-25-44)63-67-61(48-16-6-2-7-17-48)68-64(71-63)51-34-26-45(27-35-51)46-28-36-52(37-29-46)65-69-62(49-18-8-3-9-19-49)70-66(72-65)53-38-30-47(31-39-53)54-40-41-59-57-22-11-10-20-55(57)56-21-12-13-23-58(56)60(59)42-54/h1-42H. The highest BCUT2D eigenvalue weighted by atomic mass is 15.0. The molecule has 0 aliphatic rings. The van der Waals surface area contributed by atoms with E-state index in [0.717, 1.165) is 66.8 Å². The Morgan fingerprint density at radius 2 is 0.333 bits per heavy atom. The van der Waals surface area contributed by atoms with Gasteiger partial charge >= 0.3 is 0 Å². The highest BCUT2D eigenvalue weighted by Crippen LogP contribution is 2.38. The first-order valence-corrected chi connectivity index (χ1v) is 24.1. The summed E-state index contributed by atoms with van der Waals surface area (Å²) in [7, 11) is 0. The molecule has 0 saturated heterocycles. The molecule has 0 N–H and O–H groups in total. The number of nitrogens with zero attached hydrogens (tertiary/aromatic N) is 6. The zero-order chi connectivity index (χ0) is 47.8. The number of rotatable bonds is 9. The predicted molar refractivity (Wildman–Crippen MR) is 295 cm³/mol. The zero-order valence-corrected chi connectivity index (χ0v) is 38.9. The van der Waals surface area contributed by atoms with Crippen molar-refractivity contribution in [2.45, 2.75) is 0 Å². The topological polar surface area (TPSA) is 77.3 Å². The van der Waals surface area contributed by atoms with E-state index in [2.05, 4.69) is 188 Å². The Balaban J connectivity index is 0.797. The van der Waals surface area contributed by atoms with E-state index in [1.807, 2.05) is 66.7 Å². The van der Waals surface area contributed by atoms with Crippen molar-refractivity contribution >= 4 is 32.3 Å². The van der Waals surface area contributed by atoms with Crippen LogP contribution in [0.3, 0.4) is 0 Å². The molecule has 0 amide bonds. The summed E-state index contributed by atoms with van der Waals surface area (Å²) in [6, 6.07) is 88.5. The maximum Gasteiger partial charge on any atom is 0.164 e. The van der Waals surface area contributed by atoms with Gasteiger partial charge in [0.25, 0.3) is 0 Å². The van der Waals surface area contributed by atoms with Crippen LogP contribution >= 0.6 is 0 Å². The quantitative estimate of drug-likeness (QED) is 0.134. The molecule has 0 radical (unpaired) electrons. The minimum atomic E-state index is 0.605. The molecule has 0 spiro atoms. The molecule has 0 unspecified atom stereocenters. The fourth-order valence-corrected chi connectivity index (χ4v) is 9.67. The fourth-order valence-electron chi connectivity index (χ4n) is 9.67. The molecule has 6 nitrogen and oxygen atoms in total. The van der Waals surface area contributed by atoms with Gasteiger partial charge in [-0.3, -0.25) is 0 Å². The molecule has 336 valence electrons. The van der Waals surface area contributed by atoms with Crippen molar-refractivity contribution in [3.8, 4) is 102 Å². The molecule has 0 bridgehead atoms. The van der Waals surface area contributed by atoms with Gasteiger partial charge in [-0.15, -0.1) is 0 Å². The van der Waals surface area contributed by atoms with Crippen molar-refractivity contribution in [1.29, 1.82) is 0 Å². The molecule has 0 saturated carbocycles. The van der Waals surface area contributed by atoms with Crippen molar-refractivity contribution in [2.75, 3.05) is 0 Å². The summed E-state index contributed by atoms with van der Waals surface area (Å²) in [5, 5.41) is 7.57. The second-order valence-electron chi connectivity index (χ2n) is 17.9. The van der Waals surface area contributed by atoms with Crippen molar-refractivity contribution in [2.24, 2.45) is 0 Å². The lowest BCUT2D eigenvalue weighted by molar-refractivity contribution is 1.07. The molecule has 11 aromatic carbocycles. The minimum absolute atomic E-state index is 0.605. The lowest BCUT2D eigenvalue weighted by Gasteiger charge is -2.12. The van der Waals surface area contributed by atoms with Crippen LogP contribution in [0.1, 0.15) is 0 Å². The van der Waals surface area contributed by atoms with Crippen molar-refractivity contribution in [3.63, 3.8) is 0 Å². The van der Waals surface area contributed by atoms with Gasteiger partial charge in [0, 0.05) is 33.4 Å². The summed E-state index contributed by atoms with van der Waals surface area (Å²) in [5.74, 6) is 3.69. The number of fused-ring (bicyclic) bond motifs is 6. The summed E-state index contributed by atoms with van der Waals surface area (Å²) in [6.07, 6.45) is 0. The van der Waals surface area contributed by atoms with Gasteiger partial charge < -0.3 is 0 Å². The van der Waals surface area contributed by atoms with Gasteiger partial charge in [-0.25, -0.2) is 29.9 Å². The smallest absolute Gasteiger partial charge is 0.164 e. The lowest BCUT2D eigenvalue weighted by atomic mass is 9.92. The first kappa shape index (κ1) is 42.3. The van der Waals surface area contributed by atoms with Crippen molar-refractivity contribution in [3.05, 3.63) is 255 Å². The van der Waals surface area contributed by atoms with E-state index in [9.17, 15) is 0 Å². The first-order chi connectivity index (χ1) is 35.6. The number of hydrogen-bond acceptors (Lipinski definition) is 6. The van der Waals surface area contributed by atoms with Crippen LogP contribution in [0, 0.1) is 0 Å². The van der Waals surface area contributed by atoms with Crippen LogP contribution in [0.5, 0.6) is 0 Å². The molecule has 0 atom stereocenters. The third-order valence-electron chi connectivity index (χ3n) is 13.4. The highest BCUT2D eigenvalue weighted by Gasteiger charge is 2.16. The van der Waals surface area contributed by atoms with Gasteiger partial charge in [0.15, 0.2) is 34.9 Å². The molecule has 0 fully saturated rings. The van der Waals surface area contributed by atoms with E-state index in [1.54, 1.807) is 0 Å². The summed E-state index contributed by atoms with van der Waals surface area (Å²) in [5.41, 5.74) is 12.2. The average molecular weight is 919 g/mol. The third-order valence-corrected chi connectivity index (χ3v) is 13.4. The number of hydrogen-bond donors (Lipinski definition) is 0. The Bertz CT molecular complexity index is 4050. The molecule has 13 aromatic rings. The summed E-state index contributed by atoms with van der Waals surface area (Å²) < 4.78 is 0. The van der Waals surface area contributed by atoms with Crippen molar-refractivity contribution in [1.82, 2.24) is 29.9 Å². The van der Waals surface area contributed by atoms with Gasteiger partial charge in [0.1, 0.15) is 0 Å². The fraction of sp³-hybridized carbons (Fsp3) is 0. The van der Waals surface area contributed by atoms with E-state index >= 15 is 0 Å². The molecule has 0 aliphatic heterocycles. The van der Waals surface area contributed by atoms with Crippen molar-refractivity contribution < 1.29 is 0 Å². The van der Waals surface area contributed by atoms with Crippen LogP contribution in [0.25, 0.3) is 134 Å². The predicted octanol–water partition coefficient (Wildman–Crippen LogP) is 16.5. The first-order valence-electron chi connectivity index (χ1n) is 24.1. The second kappa shape index (κ2) is 18.3. The molecule has 6 heteroatoms. The minimum Gasteiger partial charge on any atom is -0.208 e. The Hall–Kier alpha value is -9.78. The van der Waals surface area contributed by atoms with Crippen LogP contribution in [-0.2, 0) is 0 Å². The van der Waals surface area contributed by atoms with Gasteiger partial charge in [-0.05, 0) is 71.8 Å². The Kier molecular flexibility index (Phi) is 10.7. The van der Waals surface area contributed by atoms with Crippen LogP contribution in [-0.4, -0.2) is 29.9 Å².